The highest BCUT2D eigenvalue weighted by atomic mass is 16.5. The number of anilines is 1. The molecule has 0 aliphatic rings. The fraction of sp³-hybridized carbons (Fsp3) is 0.682. The van der Waals surface area contributed by atoms with Crippen molar-refractivity contribution in [3.63, 3.8) is 0 Å². The van der Waals surface area contributed by atoms with Gasteiger partial charge in [0.15, 0.2) is 0 Å². The molecule has 4 heteroatoms. The fourth-order valence-electron chi connectivity index (χ4n) is 2.92. The topological polar surface area (TPSA) is 47.6 Å². The largest absolute Gasteiger partial charge is 0.493 e. The second kappa shape index (κ2) is 11.2. The minimum Gasteiger partial charge on any atom is -0.493 e. The standard InChI is InChI=1S/C22H37NO3/c1-7-10-12-22(6,26-13-9-3)21(24)23-19-15-17(4)20(18(5)16-19)25-14-11-8-2/h15-16H,7-14H2,1-6H3,(H,23,24)/t22-/m0/s1. The van der Waals surface area contributed by atoms with Crippen molar-refractivity contribution in [3.8, 4) is 5.75 Å². The molecule has 0 heterocycles. The second-order valence-electron chi connectivity index (χ2n) is 7.28. The van der Waals surface area contributed by atoms with E-state index in [9.17, 15) is 4.79 Å². The molecule has 0 unspecified atom stereocenters. The van der Waals surface area contributed by atoms with Gasteiger partial charge in [0.2, 0.25) is 0 Å². The van der Waals surface area contributed by atoms with Crippen LogP contribution in [0.5, 0.6) is 5.75 Å². The zero-order valence-corrected chi connectivity index (χ0v) is 17.5. The van der Waals surface area contributed by atoms with E-state index < -0.39 is 5.60 Å². The van der Waals surface area contributed by atoms with Gasteiger partial charge in [0.1, 0.15) is 11.4 Å². The number of carbonyl (C=O) groups is 1. The third-order valence-electron chi connectivity index (χ3n) is 4.57. The van der Waals surface area contributed by atoms with Gasteiger partial charge in [-0.15, -0.1) is 0 Å². The highest BCUT2D eigenvalue weighted by molar-refractivity contribution is 5.97. The van der Waals surface area contributed by atoms with Crippen LogP contribution < -0.4 is 10.1 Å². The lowest BCUT2D eigenvalue weighted by Crippen LogP contribution is -2.43. The number of rotatable bonds is 12. The van der Waals surface area contributed by atoms with Crippen molar-refractivity contribution in [1.29, 1.82) is 0 Å². The molecule has 0 saturated heterocycles. The van der Waals surface area contributed by atoms with Crippen LogP contribution in [0.25, 0.3) is 0 Å². The molecule has 0 aliphatic carbocycles. The SMILES string of the molecule is CCCCOc1c(C)cc(NC(=O)[C@](C)(CCCC)OCCC)cc1C. The molecule has 1 aromatic carbocycles. The summed E-state index contributed by atoms with van der Waals surface area (Å²) in [6, 6.07) is 3.96. The van der Waals surface area contributed by atoms with Gasteiger partial charge in [-0.25, -0.2) is 0 Å². The number of benzene rings is 1. The highest BCUT2D eigenvalue weighted by Crippen LogP contribution is 2.29. The first-order valence-electron chi connectivity index (χ1n) is 10.1. The number of ether oxygens (including phenoxy) is 2. The molecule has 0 aromatic heterocycles. The summed E-state index contributed by atoms with van der Waals surface area (Å²) < 4.78 is 11.8. The van der Waals surface area contributed by atoms with Gasteiger partial charge in [0.25, 0.3) is 5.91 Å². The summed E-state index contributed by atoms with van der Waals surface area (Å²) in [7, 11) is 0. The Morgan fingerprint density at radius 2 is 1.62 bits per heavy atom. The first-order valence-corrected chi connectivity index (χ1v) is 10.1. The van der Waals surface area contributed by atoms with Gasteiger partial charge in [-0.1, -0.05) is 40.0 Å². The normalized spacial score (nSPS) is 13.3. The lowest BCUT2D eigenvalue weighted by Gasteiger charge is -2.29. The average molecular weight is 364 g/mol. The first-order chi connectivity index (χ1) is 12.4. The van der Waals surface area contributed by atoms with Crippen LogP contribution in [0, 0.1) is 13.8 Å². The lowest BCUT2D eigenvalue weighted by atomic mass is 9.97. The van der Waals surface area contributed by atoms with Crippen LogP contribution in [0.15, 0.2) is 12.1 Å². The molecule has 26 heavy (non-hydrogen) atoms. The molecule has 148 valence electrons. The molecule has 1 N–H and O–H groups in total. The van der Waals surface area contributed by atoms with Gasteiger partial charge >= 0.3 is 0 Å². The molecule has 0 radical (unpaired) electrons. The van der Waals surface area contributed by atoms with Gasteiger partial charge < -0.3 is 14.8 Å². The Hall–Kier alpha value is -1.55. The quantitative estimate of drug-likeness (QED) is 0.478. The van der Waals surface area contributed by atoms with Crippen LogP contribution in [0.2, 0.25) is 0 Å². The van der Waals surface area contributed by atoms with Gasteiger partial charge in [-0.3, -0.25) is 4.79 Å². The van der Waals surface area contributed by atoms with Crippen LogP contribution >= 0.6 is 0 Å². The first kappa shape index (κ1) is 22.5. The molecule has 4 nitrogen and oxygen atoms in total. The van der Waals surface area contributed by atoms with Gasteiger partial charge in [-0.2, -0.15) is 0 Å². The maximum absolute atomic E-state index is 12.9. The Kier molecular flexibility index (Phi) is 9.71. The predicted molar refractivity (Wildman–Crippen MR) is 109 cm³/mol. The number of carbonyl (C=O) groups excluding carboxylic acids is 1. The molecule has 1 amide bonds. The van der Waals surface area contributed by atoms with E-state index in [1.54, 1.807) is 0 Å². The van der Waals surface area contributed by atoms with E-state index >= 15 is 0 Å². The van der Waals surface area contributed by atoms with Gasteiger partial charge in [0, 0.05) is 12.3 Å². The van der Waals surface area contributed by atoms with E-state index in [1.807, 2.05) is 32.9 Å². The summed E-state index contributed by atoms with van der Waals surface area (Å²) in [5, 5.41) is 3.06. The minimum atomic E-state index is -0.788. The van der Waals surface area contributed by atoms with E-state index in [4.69, 9.17) is 9.47 Å². The summed E-state index contributed by atoms with van der Waals surface area (Å²) in [5.74, 6) is 0.852. The molecule has 0 fully saturated rings. The molecule has 1 atom stereocenters. The molecule has 0 aliphatic heterocycles. The Bertz CT molecular complexity index is 538. The van der Waals surface area contributed by atoms with Crippen molar-refractivity contribution < 1.29 is 14.3 Å². The summed E-state index contributed by atoms with van der Waals surface area (Å²) in [6.45, 7) is 13.6. The average Bonchev–Trinajstić information content (AvgIpc) is 2.60. The molecule has 0 saturated carbocycles. The second-order valence-corrected chi connectivity index (χ2v) is 7.28. The summed E-state index contributed by atoms with van der Waals surface area (Å²) in [6.07, 6.45) is 5.79. The van der Waals surface area contributed by atoms with Crippen molar-refractivity contribution in [2.75, 3.05) is 18.5 Å². The fourth-order valence-corrected chi connectivity index (χ4v) is 2.92. The van der Waals surface area contributed by atoms with Crippen LogP contribution in [0.4, 0.5) is 5.69 Å². The molecule has 0 spiro atoms. The Morgan fingerprint density at radius 1 is 1.00 bits per heavy atom. The van der Waals surface area contributed by atoms with Crippen LogP contribution in [-0.2, 0) is 9.53 Å². The van der Waals surface area contributed by atoms with Crippen molar-refractivity contribution in [2.45, 2.75) is 85.7 Å². The zero-order chi connectivity index (χ0) is 19.6. The van der Waals surface area contributed by atoms with Crippen molar-refractivity contribution >= 4 is 11.6 Å². The highest BCUT2D eigenvalue weighted by Gasteiger charge is 2.33. The zero-order valence-electron chi connectivity index (χ0n) is 17.5. The van der Waals surface area contributed by atoms with E-state index in [0.29, 0.717) is 6.61 Å². The predicted octanol–water partition coefficient (Wildman–Crippen LogP) is 5.80. The van der Waals surface area contributed by atoms with E-state index in [1.165, 1.54) is 0 Å². The monoisotopic (exact) mass is 363 g/mol. The van der Waals surface area contributed by atoms with E-state index in [0.717, 1.165) is 67.7 Å². The molecular formula is C22H37NO3. The van der Waals surface area contributed by atoms with Crippen LogP contribution in [-0.4, -0.2) is 24.7 Å². The van der Waals surface area contributed by atoms with Crippen molar-refractivity contribution in [2.24, 2.45) is 0 Å². The summed E-state index contributed by atoms with van der Waals surface area (Å²) in [4.78, 5) is 12.9. The third-order valence-corrected chi connectivity index (χ3v) is 4.57. The van der Waals surface area contributed by atoms with Crippen molar-refractivity contribution in [3.05, 3.63) is 23.3 Å². The van der Waals surface area contributed by atoms with Crippen LogP contribution in [0.1, 0.15) is 77.3 Å². The molecular weight excluding hydrogens is 326 g/mol. The number of unbranched alkanes of at least 4 members (excludes halogenated alkanes) is 2. The maximum Gasteiger partial charge on any atom is 0.256 e. The minimum absolute atomic E-state index is 0.0714. The number of hydrogen-bond donors (Lipinski definition) is 1. The third kappa shape index (κ3) is 6.64. The van der Waals surface area contributed by atoms with Crippen LogP contribution in [0.3, 0.4) is 0 Å². The molecule has 1 rings (SSSR count). The van der Waals surface area contributed by atoms with E-state index in [-0.39, 0.29) is 5.91 Å². The number of hydrogen-bond acceptors (Lipinski definition) is 3. The number of nitrogens with one attached hydrogen (secondary N) is 1. The number of aryl methyl sites for hydroxylation is 2. The maximum atomic E-state index is 12.9. The van der Waals surface area contributed by atoms with Gasteiger partial charge in [0.05, 0.1) is 6.61 Å². The van der Waals surface area contributed by atoms with Crippen molar-refractivity contribution in [1.82, 2.24) is 0 Å². The van der Waals surface area contributed by atoms with E-state index in [2.05, 4.69) is 26.1 Å². The number of amides is 1. The molecule has 1 aromatic rings. The Morgan fingerprint density at radius 3 is 2.15 bits per heavy atom. The van der Waals surface area contributed by atoms with Gasteiger partial charge in [-0.05, 0) is 63.3 Å². The lowest BCUT2D eigenvalue weighted by molar-refractivity contribution is -0.140. The Labute approximate surface area is 159 Å². The molecule has 0 bridgehead atoms. The smallest absolute Gasteiger partial charge is 0.256 e. The Balaban J connectivity index is 2.89. The summed E-state index contributed by atoms with van der Waals surface area (Å²) >= 11 is 0. The summed E-state index contributed by atoms with van der Waals surface area (Å²) in [5.41, 5.74) is 2.10.